The molecule has 1 aromatic heterocycles. The Labute approximate surface area is 190 Å². The van der Waals surface area contributed by atoms with Crippen LogP contribution in [-0.2, 0) is 13.0 Å². The van der Waals surface area contributed by atoms with Crippen LogP contribution >= 0.6 is 0 Å². The molecule has 0 saturated heterocycles. The quantitative estimate of drug-likeness (QED) is 0.453. The lowest BCUT2D eigenvalue weighted by molar-refractivity contribution is 0.0697. The molecule has 0 unspecified atom stereocenters. The second-order valence-corrected chi connectivity index (χ2v) is 9.35. The maximum atomic E-state index is 11.6. The van der Waals surface area contributed by atoms with Crippen molar-refractivity contribution in [2.75, 3.05) is 0 Å². The molecule has 1 aliphatic carbocycles. The minimum Gasteiger partial charge on any atom is -0.478 e. The lowest BCUT2D eigenvalue weighted by Gasteiger charge is -2.18. The number of aryl methyl sites for hydroxylation is 1. The Morgan fingerprint density at radius 2 is 1.78 bits per heavy atom. The molecule has 0 atom stereocenters. The van der Waals surface area contributed by atoms with Crippen LogP contribution < -0.4 is 0 Å². The predicted molar refractivity (Wildman–Crippen MR) is 127 cm³/mol. The predicted octanol–water partition coefficient (Wildman–Crippen LogP) is 6.33. The number of aromatic carboxylic acids is 1. The van der Waals surface area contributed by atoms with Crippen molar-refractivity contribution in [1.29, 1.82) is 0 Å². The molecule has 2 aromatic carbocycles. The molecule has 1 heterocycles. The SMILES string of the molecule is CC(C)CCn1nc(C2CCCCC2)nc1Cc1ccc(-c2ccccc2C(=O)O)cc1. The van der Waals surface area contributed by atoms with Crippen LogP contribution in [0.3, 0.4) is 0 Å². The average molecular weight is 432 g/mol. The molecule has 1 N–H and O–H groups in total. The molecule has 0 amide bonds. The number of nitrogens with zero attached hydrogens (tertiary/aromatic N) is 3. The van der Waals surface area contributed by atoms with Gasteiger partial charge in [0, 0.05) is 18.9 Å². The summed E-state index contributed by atoms with van der Waals surface area (Å²) in [6, 6.07) is 15.3. The van der Waals surface area contributed by atoms with Gasteiger partial charge in [-0.05, 0) is 47.9 Å². The summed E-state index contributed by atoms with van der Waals surface area (Å²) < 4.78 is 2.12. The first kappa shape index (κ1) is 22.3. The molecular formula is C27H33N3O2. The molecule has 0 spiro atoms. The number of carbonyl (C=O) groups is 1. The van der Waals surface area contributed by atoms with E-state index in [-0.39, 0.29) is 0 Å². The maximum absolute atomic E-state index is 11.6. The highest BCUT2D eigenvalue weighted by molar-refractivity contribution is 5.95. The zero-order valence-corrected chi connectivity index (χ0v) is 19.1. The van der Waals surface area contributed by atoms with Crippen LogP contribution in [0.25, 0.3) is 11.1 Å². The second kappa shape index (κ2) is 10.1. The molecule has 3 aromatic rings. The highest BCUT2D eigenvalue weighted by Crippen LogP contribution is 2.31. The van der Waals surface area contributed by atoms with Crippen molar-refractivity contribution in [1.82, 2.24) is 14.8 Å². The van der Waals surface area contributed by atoms with Crippen molar-refractivity contribution in [3.8, 4) is 11.1 Å². The first-order valence-electron chi connectivity index (χ1n) is 11.9. The van der Waals surface area contributed by atoms with Gasteiger partial charge in [0.2, 0.25) is 0 Å². The first-order valence-corrected chi connectivity index (χ1v) is 11.9. The van der Waals surface area contributed by atoms with Crippen molar-refractivity contribution in [3.63, 3.8) is 0 Å². The Hall–Kier alpha value is -2.95. The Kier molecular flexibility index (Phi) is 7.03. The van der Waals surface area contributed by atoms with Gasteiger partial charge in [-0.3, -0.25) is 0 Å². The Morgan fingerprint density at radius 1 is 1.06 bits per heavy atom. The van der Waals surface area contributed by atoms with E-state index >= 15 is 0 Å². The van der Waals surface area contributed by atoms with Gasteiger partial charge in [-0.1, -0.05) is 75.6 Å². The van der Waals surface area contributed by atoms with Crippen LogP contribution in [0, 0.1) is 5.92 Å². The number of aromatic nitrogens is 3. The van der Waals surface area contributed by atoms with E-state index in [9.17, 15) is 9.90 Å². The van der Waals surface area contributed by atoms with E-state index in [4.69, 9.17) is 10.1 Å². The van der Waals surface area contributed by atoms with Crippen molar-refractivity contribution in [3.05, 3.63) is 71.3 Å². The fraction of sp³-hybridized carbons (Fsp3) is 0.444. The molecule has 1 saturated carbocycles. The van der Waals surface area contributed by atoms with Crippen LogP contribution in [-0.4, -0.2) is 25.8 Å². The topological polar surface area (TPSA) is 68.0 Å². The highest BCUT2D eigenvalue weighted by atomic mass is 16.4. The van der Waals surface area contributed by atoms with Gasteiger partial charge in [0.05, 0.1) is 5.56 Å². The summed E-state index contributed by atoms with van der Waals surface area (Å²) >= 11 is 0. The third-order valence-corrected chi connectivity index (χ3v) is 6.44. The van der Waals surface area contributed by atoms with Gasteiger partial charge in [0.1, 0.15) is 5.82 Å². The number of benzene rings is 2. The molecule has 1 fully saturated rings. The van der Waals surface area contributed by atoms with E-state index in [2.05, 4.69) is 30.7 Å². The lowest BCUT2D eigenvalue weighted by Crippen LogP contribution is -2.09. The summed E-state index contributed by atoms with van der Waals surface area (Å²) in [6.07, 6.45) is 8.11. The van der Waals surface area contributed by atoms with Gasteiger partial charge in [-0.2, -0.15) is 5.10 Å². The Balaban J connectivity index is 1.56. The first-order chi connectivity index (χ1) is 15.5. The number of rotatable bonds is 8. The zero-order valence-electron chi connectivity index (χ0n) is 19.1. The minimum atomic E-state index is -0.904. The van der Waals surface area contributed by atoms with Crippen molar-refractivity contribution in [2.24, 2.45) is 5.92 Å². The monoisotopic (exact) mass is 431 g/mol. The Bertz CT molecular complexity index is 1050. The van der Waals surface area contributed by atoms with Crippen LogP contribution in [0.4, 0.5) is 0 Å². The molecule has 168 valence electrons. The number of carboxylic acid groups (broad SMARTS) is 1. The molecule has 0 bridgehead atoms. The van der Waals surface area contributed by atoms with Crippen LogP contribution in [0.1, 0.15) is 85.9 Å². The maximum Gasteiger partial charge on any atom is 0.336 e. The largest absolute Gasteiger partial charge is 0.478 e. The standard InChI is InChI=1S/C27H33N3O2/c1-19(2)16-17-30-25(28-26(29-30)22-8-4-3-5-9-22)18-20-12-14-21(15-13-20)23-10-6-7-11-24(23)27(31)32/h6-7,10-15,19,22H,3-5,8-9,16-18H2,1-2H3,(H,31,32). The smallest absolute Gasteiger partial charge is 0.336 e. The van der Waals surface area contributed by atoms with Crippen LogP contribution in [0.5, 0.6) is 0 Å². The van der Waals surface area contributed by atoms with Crippen LogP contribution in [0.2, 0.25) is 0 Å². The highest BCUT2D eigenvalue weighted by Gasteiger charge is 2.22. The van der Waals surface area contributed by atoms with Crippen LogP contribution in [0.15, 0.2) is 48.5 Å². The van der Waals surface area contributed by atoms with Crippen molar-refractivity contribution in [2.45, 2.75) is 71.3 Å². The van der Waals surface area contributed by atoms with E-state index < -0.39 is 5.97 Å². The summed E-state index contributed by atoms with van der Waals surface area (Å²) in [4.78, 5) is 16.6. The minimum absolute atomic E-state index is 0.325. The molecule has 1 aliphatic rings. The summed E-state index contributed by atoms with van der Waals surface area (Å²) in [5.41, 5.74) is 3.14. The molecular weight excluding hydrogens is 398 g/mol. The van der Waals surface area contributed by atoms with Crippen molar-refractivity contribution >= 4 is 5.97 Å². The van der Waals surface area contributed by atoms with Gasteiger partial charge >= 0.3 is 5.97 Å². The summed E-state index contributed by atoms with van der Waals surface area (Å²) in [7, 11) is 0. The van der Waals surface area contributed by atoms with Gasteiger partial charge in [-0.15, -0.1) is 0 Å². The summed E-state index contributed by atoms with van der Waals surface area (Å²) in [5.74, 6) is 2.27. The second-order valence-electron chi connectivity index (χ2n) is 9.35. The molecule has 4 rings (SSSR count). The summed E-state index contributed by atoms with van der Waals surface area (Å²) in [6.45, 7) is 5.38. The average Bonchev–Trinajstić information content (AvgIpc) is 3.21. The van der Waals surface area contributed by atoms with Gasteiger partial charge in [0.25, 0.3) is 0 Å². The molecule has 5 heteroatoms. The van der Waals surface area contributed by atoms with Gasteiger partial charge in [-0.25, -0.2) is 14.5 Å². The van der Waals surface area contributed by atoms with E-state index in [1.165, 1.54) is 32.1 Å². The fourth-order valence-corrected chi connectivity index (χ4v) is 4.52. The Morgan fingerprint density at radius 3 is 2.47 bits per heavy atom. The summed E-state index contributed by atoms with van der Waals surface area (Å²) in [5, 5.41) is 14.4. The van der Waals surface area contributed by atoms with E-state index in [0.29, 0.717) is 17.4 Å². The van der Waals surface area contributed by atoms with E-state index in [0.717, 1.165) is 47.7 Å². The zero-order chi connectivity index (χ0) is 22.5. The molecule has 5 nitrogen and oxygen atoms in total. The molecule has 0 aliphatic heterocycles. The third kappa shape index (κ3) is 5.26. The van der Waals surface area contributed by atoms with E-state index in [1.807, 2.05) is 24.3 Å². The lowest BCUT2D eigenvalue weighted by atomic mass is 9.89. The number of carboxylic acids is 1. The fourth-order valence-electron chi connectivity index (χ4n) is 4.52. The van der Waals surface area contributed by atoms with E-state index in [1.54, 1.807) is 12.1 Å². The van der Waals surface area contributed by atoms with Crippen molar-refractivity contribution < 1.29 is 9.90 Å². The number of hydrogen-bond acceptors (Lipinski definition) is 3. The normalized spacial score (nSPS) is 14.7. The van der Waals surface area contributed by atoms with Gasteiger partial charge < -0.3 is 5.11 Å². The number of hydrogen-bond donors (Lipinski definition) is 1. The third-order valence-electron chi connectivity index (χ3n) is 6.44. The molecule has 32 heavy (non-hydrogen) atoms. The molecule has 0 radical (unpaired) electrons. The van der Waals surface area contributed by atoms with Gasteiger partial charge in [0.15, 0.2) is 5.82 Å².